The lowest BCUT2D eigenvalue weighted by Gasteiger charge is -2.14. The molecule has 8 heteroatoms. The molecule has 0 saturated carbocycles. The zero-order valence-corrected chi connectivity index (χ0v) is 19.7. The normalized spacial score (nSPS) is 12.5. The molecule has 174 valence electrons. The monoisotopic (exact) mass is 476 g/mol. The van der Waals surface area contributed by atoms with Gasteiger partial charge in [-0.25, -0.2) is 0 Å². The van der Waals surface area contributed by atoms with Crippen molar-refractivity contribution in [2.75, 3.05) is 31.8 Å². The number of ether oxygens (including phenoxy) is 2. The molecule has 0 fully saturated rings. The number of thioether (sulfide) groups is 1. The number of nitrogens with one attached hydrogen (secondary N) is 1. The van der Waals surface area contributed by atoms with Gasteiger partial charge in [0, 0.05) is 17.1 Å². The number of hydrogen-bond acceptors (Lipinski definition) is 6. The maximum Gasteiger partial charge on any atom is 0.263 e. The lowest BCUT2D eigenvalue weighted by molar-refractivity contribution is 0.0654. The highest BCUT2D eigenvalue weighted by Gasteiger charge is 2.34. The highest BCUT2D eigenvalue weighted by Crippen LogP contribution is 2.30. The molecule has 0 aliphatic carbocycles. The number of fused-ring (bicyclic) bond motifs is 1. The summed E-state index contributed by atoms with van der Waals surface area (Å²) in [6, 6.07) is 19.6. The van der Waals surface area contributed by atoms with E-state index < -0.39 is 0 Å². The van der Waals surface area contributed by atoms with Crippen LogP contribution in [0.15, 0.2) is 71.6 Å². The number of nitrogens with zero attached hydrogens (tertiary/aromatic N) is 1. The fourth-order valence-corrected chi connectivity index (χ4v) is 4.60. The maximum absolute atomic E-state index is 12.8. The van der Waals surface area contributed by atoms with Crippen molar-refractivity contribution in [2.45, 2.75) is 11.3 Å². The highest BCUT2D eigenvalue weighted by atomic mass is 32.2. The van der Waals surface area contributed by atoms with Gasteiger partial charge in [-0.3, -0.25) is 19.3 Å². The molecule has 7 nitrogen and oxygen atoms in total. The Balaban J connectivity index is 1.29. The van der Waals surface area contributed by atoms with E-state index in [0.717, 1.165) is 10.6 Å². The fraction of sp³-hybridized carbons (Fsp3) is 0.192. The summed E-state index contributed by atoms with van der Waals surface area (Å²) in [7, 11) is 3.01. The van der Waals surface area contributed by atoms with Crippen molar-refractivity contribution in [3.63, 3.8) is 0 Å². The Labute approximate surface area is 202 Å². The summed E-state index contributed by atoms with van der Waals surface area (Å²) in [5.41, 5.74) is 1.93. The largest absolute Gasteiger partial charge is 0.496 e. The number of benzene rings is 3. The summed E-state index contributed by atoms with van der Waals surface area (Å²) in [6.07, 6.45) is 0.683. The number of anilines is 1. The van der Waals surface area contributed by atoms with Gasteiger partial charge in [0.2, 0.25) is 0 Å². The van der Waals surface area contributed by atoms with E-state index in [1.165, 1.54) is 19.1 Å². The molecule has 0 radical (unpaired) electrons. The van der Waals surface area contributed by atoms with Crippen LogP contribution in [-0.2, 0) is 0 Å². The van der Waals surface area contributed by atoms with Gasteiger partial charge in [-0.2, -0.15) is 0 Å². The topological polar surface area (TPSA) is 84.9 Å². The van der Waals surface area contributed by atoms with Crippen LogP contribution in [0.2, 0.25) is 0 Å². The summed E-state index contributed by atoms with van der Waals surface area (Å²) in [5, 5.41) is 2.87. The molecule has 0 atom stereocenters. The predicted octanol–water partition coefficient (Wildman–Crippen LogP) is 4.73. The third kappa shape index (κ3) is 4.77. The Kier molecular flexibility index (Phi) is 7.18. The molecule has 1 N–H and O–H groups in total. The Morgan fingerprint density at radius 3 is 2.00 bits per heavy atom. The van der Waals surface area contributed by atoms with Crippen molar-refractivity contribution in [1.29, 1.82) is 0 Å². The van der Waals surface area contributed by atoms with E-state index in [2.05, 4.69) is 5.32 Å². The highest BCUT2D eigenvalue weighted by molar-refractivity contribution is 7.99. The van der Waals surface area contributed by atoms with E-state index >= 15 is 0 Å². The summed E-state index contributed by atoms with van der Waals surface area (Å²) >= 11 is 1.62. The molecule has 3 aromatic carbocycles. The van der Waals surface area contributed by atoms with Gasteiger partial charge in [-0.05, 0) is 60.7 Å². The van der Waals surface area contributed by atoms with Gasteiger partial charge >= 0.3 is 0 Å². The number of carbonyl (C=O) groups excluding carboxylic acids is 3. The first-order chi connectivity index (χ1) is 16.5. The van der Waals surface area contributed by atoms with E-state index in [1.54, 1.807) is 54.2 Å². The third-order valence-corrected chi connectivity index (χ3v) is 6.54. The molecule has 0 aromatic heterocycles. The first-order valence-corrected chi connectivity index (χ1v) is 11.7. The molecular formula is C26H24N2O5S. The number of methoxy groups -OCH3 is 2. The van der Waals surface area contributed by atoms with Crippen molar-refractivity contribution >= 4 is 35.2 Å². The molecule has 0 saturated heterocycles. The molecule has 4 rings (SSSR count). The van der Waals surface area contributed by atoms with Crippen molar-refractivity contribution < 1.29 is 23.9 Å². The lowest BCUT2D eigenvalue weighted by Crippen LogP contribution is -2.30. The fourth-order valence-electron chi connectivity index (χ4n) is 3.76. The number of carbonyl (C=O) groups is 3. The number of imide groups is 1. The molecular weight excluding hydrogens is 452 g/mol. The van der Waals surface area contributed by atoms with Crippen LogP contribution in [0.4, 0.5) is 5.69 Å². The SMILES string of the molecule is COc1cccc(OC)c1C(=O)Nc1ccc(SCCCN2C(=O)c3ccccc3C2=O)cc1. The Morgan fingerprint density at radius 2 is 1.44 bits per heavy atom. The molecule has 1 aliphatic rings. The molecule has 3 amide bonds. The van der Waals surface area contributed by atoms with Crippen LogP contribution in [0.1, 0.15) is 37.5 Å². The molecule has 1 heterocycles. The molecule has 0 bridgehead atoms. The van der Waals surface area contributed by atoms with Crippen LogP contribution in [0.25, 0.3) is 0 Å². The van der Waals surface area contributed by atoms with Crippen molar-refractivity contribution in [2.24, 2.45) is 0 Å². The first kappa shape index (κ1) is 23.4. The zero-order valence-electron chi connectivity index (χ0n) is 18.9. The van der Waals surface area contributed by atoms with Crippen LogP contribution in [0.3, 0.4) is 0 Å². The summed E-state index contributed by atoms with van der Waals surface area (Å²) in [4.78, 5) is 40.0. The van der Waals surface area contributed by atoms with Gasteiger partial charge < -0.3 is 14.8 Å². The van der Waals surface area contributed by atoms with Crippen LogP contribution >= 0.6 is 11.8 Å². The van der Waals surface area contributed by atoms with Gasteiger partial charge in [0.1, 0.15) is 17.1 Å². The Bertz CT molecular complexity index is 1170. The van der Waals surface area contributed by atoms with E-state index in [0.29, 0.717) is 46.8 Å². The van der Waals surface area contributed by atoms with Crippen molar-refractivity contribution in [3.05, 3.63) is 83.4 Å². The van der Waals surface area contributed by atoms with Gasteiger partial charge in [0.25, 0.3) is 17.7 Å². The van der Waals surface area contributed by atoms with Crippen LogP contribution in [-0.4, -0.2) is 49.1 Å². The minimum Gasteiger partial charge on any atom is -0.496 e. The second kappa shape index (κ2) is 10.4. The minimum atomic E-state index is -0.323. The number of rotatable bonds is 9. The lowest BCUT2D eigenvalue weighted by atomic mass is 10.1. The standard InChI is InChI=1S/C26H24N2O5S/c1-32-21-9-5-10-22(33-2)23(21)24(29)27-17-11-13-18(14-12-17)34-16-6-15-28-25(30)19-7-3-4-8-20(19)26(28)31/h3-5,7-14H,6,15-16H2,1-2H3,(H,27,29). The van der Waals surface area contributed by atoms with Gasteiger partial charge in [-0.15, -0.1) is 11.8 Å². The summed E-state index contributed by atoms with van der Waals surface area (Å²) < 4.78 is 10.6. The predicted molar refractivity (Wildman–Crippen MR) is 131 cm³/mol. The Morgan fingerprint density at radius 1 is 0.853 bits per heavy atom. The van der Waals surface area contributed by atoms with Crippen molar-refractivity contribution in [1.82, 2.24) is 4.90 Å². The smallest absolute Gasteiger partial charge is 0.263 e. The number of amides is 3. The maximum atomic E-state index is 12.8. The second-order valence-electron chi connectivity index (χ2n) is 7.53. The molecule has 34 heavy (non-hydrogen) atoms. The van der Waals surface area contributed by atoms with Crippen molar-refractivity contribution in [3.8, 4) is 11.5 Å². The van der Waals surface area contributed by atoms with E-state index in [4.69, 9.17) is 9.47 Å². The van der Waals surface area contributed by atoms with Gasteiger partial charge in [0.05, 0.1) is 25.3 Å². The van der Waals surface area contributed by atoms with Crippen LogP contribution < -0.4 is 14.8 Å². The summed E-state index contributed by atoms with van der Waals surface area (Å²) in [5.74, 6) is 0.840. The quantitative estimate of drug-likeness (QED) is 0.273. The average Bonchev–Trinajstić information content (AvgIpc) is 3.11. The zero-order chi connectivity index (χ0) is 24.1. The van der Waals surface area contributed by atoms with Gasteiger partial charge in [-0.1, -0.05) is 18.2 Å². The summed E-state index contributed by atoms with van der Waals surface area (Å²) in [6.45, 7) is 0.383. The average molecular weight is 477 g/mol. The van der Waals surface area contributed by atoms with E-state index in [1.807, 2.05) is 24.3 Å². The molecule has 0 unspecified atom stereocenters. The van der Waals surface area contributed by atoms with Gasteiger partial charge in [0.15, 0.2) is 0 Å². The van der Waals surface area contributed by atoms with Crippen LogP contribution in [0.5, 0.6) is 11.5 Å². The Hall–Kier alpha value is -3.78. The first-order valence-electron chi connectivity index (χ1n) is 10.7. The minimum absolute atomic E-state index is 0.225. The molecule has 3 aromatic rings. The molecule has 0 spiro atoms. The third-order valence-electron chi connectivity index (χ3n) is 5.44. The van der Waals surface area contributed by atoms with Crippen LogP contribution in [0, 0.1) is 0 Å². The number of hydrogen-bond donors (Lipinski definition) is 1. The van der Waals surface area contributed by atoms with E-state index in [9.17, 15) is 14.4 Å². The molecule has 1 aliphatic heterocycles. The second-order valence-corrected chi connectivity index (χ2v) is 8.69. The van der Waals surface area contributed by atoms with E-state index in [-0.39, 0.29) is 17.7 Å².